The van der Waals surface area contributed by atoms with Crippen molar-refractivity contribution in [1.82, 2.24) is 0 Å². The third kappa shape index (κ3) is 7.51. The van der Waals surface area contributed by atoms with E-state index in [1.165, 1.54) is 45.9 Å². The minimum atomic E-state index is -1.16. The summed E-state index contributed by atoms with van der Waals surface area (Å²) in [5.41, 5.74) is 0.230. The molecule has 1 aromatic rings. The standard InChI is InChI=1S/C29H30O8/c1-16(2)25(30)34-20-10-11-21(23(14-20)35-26(31)17(3)4)22-12-13-29(9,37-28(33)19(7)8)15-24(22)36-27(32)18(5)6/h10-12,14-15H,1,3,5,7,13H2,2,4,6,8-9H3. The first-order valence-electron chi connectivity index (χ1n) is 11.2. The molecule has 0 heterocycles. The number of ether oxygens (including phenoxy) is 4. The Morgan fingerprint density at radius 2 is 1.27 bits per heavy atom. The molecule has 0 amide bonds. The minimum absolute atomic E-state index is 0.0195. The van der Waals surface area contributed by atoms with Crippen molar-refractivity contribution in [2.75, 3.05) is 0 Å². The summed E-state index contributed by atoms with van der Waals surface area (Å²) in [5, 5.41) is 0. The van der Waals surface area contributed by atoms with Crippen molar-refractivity contribution in [2.24, 2.45) is 0 Å². The number of esters is 4. The molecule has 37 heavy (non-hydrogen) atoms. The molecule has 0 radical (unpaired) electrons. The van der Waals surface area contributed by atoms with Crippen molar-refractivity contribution in [1.29, 1.82) is 0 Å². The fraction of sp³-hybridized carbons (Fsp3) is 0.241. The van der Waals surface area contributed by atoms with Gasteiger partial charge in [0.2, 0.25) is 0 Å². The smallest absolute Gasteiger partial charge is 0.338 e. The second kappa shape index (κ2) is 11.5. The van der Waals surface area contributed by atoms with Crippen molar-refractivity contribution in [3.8, 4) is 11.5 Å². The van der Waals surface area contributed by atoms with Crippen LogP contribution in [0.4, 0.5) is 0 Å². The van der Waals surface area contributed by atoms with E-state index in [1.54, 1.807) is 19.1 Å². The molecule has 0 aliphatic heterocycles. The second-order valence-corrected chi connectivity index (χ2v) is 8.98. The van der Waals surface area contributed by atoms with Crippen LogP contribution in [0.15, 0.2) is 84.7 Å². The van der Waals surface area contributed by atoms with Crippen LogP contribution in [0, 0.1) is 0 Å². The lowest BCUT2D eigenvalue weighted by Crippen LogP contribution is -2.32. The van der Waals surface area contributed by atoms with Crippen molar-refractivity contribution in [3.63, 3.8) is 0 Å². The summed E-state index contributed by atoms with van der Waals surface area (Å²) < 4.78 is 21.9. The predicted octanol–water partition coefficient (Wildman–Crippen LogP) is 5.32. The highest BCUT2D eigenvalue weighted by Crippen LogP contribution is 2.40. The molecule has 0 spiro atoms. The summed E-state index contributed by atoms with van der Waals surface area (Å²) in [7, 11) is 0. The summed E-state index contributed by atoms with van der Waals surface area (Å²) in [5.74, 6) is -2.52. The largest absolute Gasteiger partial charge is 0.451 e. The van der Waals surface area contributed by atoms with Crippen LogP contribution in [0.5, 0.6) is 11.5 Å². The van der Waals surface area contributed by atoms with Crippen LogP contribution < -0.4 is 9.47 Å². The van der Waals surface area contributed by atoms with E-state index in [-0.39, 0.29) is 46.0 Å². The van der Waals surface area contributed by atoms with Gasteiger partial charge in [0.1, 0.15) is 22.9 Å². The van der Waals surface area contributed by atoms with Gasteiger partial charge in [0, 0.05) is 52.0 Å². The van der Waals surface area contributed by atoms with E-state index >= 15 is 0 Å². The molecule has 0 N–H and O–H groups in total. The SMILES string of the molecule is C=C(C)C(=O)OC1=CC(C)(OC(=O)C(=C)C)CC=C1c1ccc(OC(=O)C(=C)C)cc1OC(=O)C(=C)C. The third-order valence-corrected chi connectivity index (χ3v) is 4.99. The highest BCUT2D eigenvalue weighted by Gasteiger charge is 2.34. The van der Waals surface area contributed by atoms with Gasteiger partial charge in [0.25, 0.3) is 0 Å². The molecule has 8 heteroatoms. The number of benzene rings is 1. The molecule has 0 fully saturated rings. The zero-order valence-electron chi connectivity index (χ0n) is 21.7. The van der Waals surface area contributed by atoms with Gasteiger partial charge in [-0.25, -0.2) is 19.2 Å². The van der Waals surface area contributed by atoms with Crippen LogP contribution in [-0.4, -0.2) is 29.5 Å². The quantitative estimate of drug-likeness (QED) is 0.252. The summed E-state index contributed by atoms with van der Waals surface area (Å²) >= 11 is 0. The summed E-state index contributed by atoms with van der Waals surface area (Å²) in [6.45, 7) is 22.0. The van der Waals surface area contributed by atoms with Gasteiger partial charge in [-0.3, -0.25) is 0 Å². The van der Waals surface area contributed by atoms with Gasteiger partial charge in [-0.15, -0.1) is 0 Å². The number of hydrogen-bond donors (Lipinski definition) is 0. The third-order valence-electron chi connectivity index (χ3n) is 4.99. The van der Waals surface area contributed by atoms with E-state index in [1.807, 2.05) is 0 Å². The van der Waals surface area contributed by atoms with Crippen LogP contribution in [0.25, 0.3) is 5.57 Å². The zero-order chi connectivity index (χ0) is 28.1. The van der Waals surface area contributed by atoms with Crippen LogP contribution >= 0.6 is 0 Å². The van der Waals surface area contributed by atoms with E-state index in [2.05, 4.69) is 26.3 Å². The molecule has 1 unspecified atom stereocenters. The number of hydrogen-bond acceptors (Lipinski definition) is 8. The fourth-order valence-electron chi connectivity index (χ4n) is 2.96. The first kappa shape index (κ1) is 28.8. The van der Waals surface area contributed by atoms with Crippen molar-refractivity contribution >= 4 is 29.5 Å². The lowest BCUT2D eigenvalue weighted by atomic mass is 9.88. The van der Waals surface area contributed by atoms with Crippen molar-refractivity contribution in [3.05, 3.63) is 90.3 Å². The zero-order valence-corrected chi connectivity index (χ0v) is 21.7. The molecule has 8 nitrogen and oxygen atoms in total. The molecule has 2 rings (SSSR count). The molecule has 1 aliphatic carbocycles. The highest BCUT2D eigenvalue weighted by atomic mass is 16.6. The molecule has 0 aromatic heterocycles. The molecule has 1 aromatic carbocycles. The molecular formula is C29H30O8. The van der Waals surface area contributed by atoms with E-state index in [9.17, 15) is 19.2 Å². The lowest BCUT2D eigenvalue weighted by Gasteiger charge is -2.31. The normalized spacial score (nSPS) is 16.4. The topological polar surface area (TPSA) is 105 Å². The molecule has 0 saturated heterocycles. The van der Waals surface area contributed by atoms with Gasteiger partial charge < -0.3 is 18.9 Å². The first-order valence-corrected chi connectivity index (χ1v) is 11.2. The Morgan fingerprint density at radius 1 is 0.757 bits per heavy atom. The fourth-order valence-corrected chi connectivity index (χ4v) is 2.96. The minimum Gasteiger partial charge on any atom is -0.451 e. The summed E-state index contributed by atoms with van der Waals surface area (Å²) in [6, 6.07) is 4.38. The maximum atomic E-state index is 12.4. The van der Waals surface area contributed by atoms with Crippen LogP contribution in [0.2, 0.25) is 0 Å². The van der Waals surface area contributed by atoms with Gasteiger partial charge in [0.05, 0.1) is 0 Å². The number of rotatable bonds is 9. The Balaban J connectivity index is 2.62. The van der Waals surface area contributed by atoms with Crippen LogP contribution in [0.3, 0.4) is 0 Å². The van der Waals surface area contributed by atoms with Crippen molar-refractivity contribution in [2.45, 2.75) is 46.6 Å². The number of carbonyl (C=O) groups excluding carboxylic acids is 4. The van der Waals surface area contributed by atoms with Crippen LogP contribution in [0.1, 0.15) is 46.6 Å². The van der Waals surface area contributed by atoms with E-state index in [0.29, 0.717) is 11.1 Å². The Morgan fingerprint density at radius 3 is 1.81 bits per heavy atom. The average molecular weight is 507 g/mol. The Bertz CT molecular complexity index is 1290. The van der Waals surface area contributed by atoms with Crippen molar-refractivity contribution < 1.29 is 38.1 Å². The van der Waals surface area contributed by atoms with Crippen LogP contribution in [-0.2, 0) is 28.7 Å². The molecule has 194 valence electrons. The lowest BCUT2D eigenvalue weighted by molar-refractivity contribution is -0.148. The van der Waals surface area contributed by atoms with Gasteiger partial charge in [-0.2, -0.15) is 0 Å². The molecule has 0 bridgehead atoms. The monoisotopic (exact) mass is 506 g/mol. The molecule has 1 atom stereocenters. The highest BCUT2D eigenvalue weighted by molar-refractivity contribution is 5.94. The summed E-state index contributed by atoms with van der Waals surface area (Å²) in [4.78, 5) is 49.0. The second-order valence-electron chi connectivity index (χ2n) is 8.98. The van der Waals surface area contributed by atoms with E-state index in [0.717, 1.165) is 0 Å². The van der Waals surface area contributed by atoms with E-state index < -0.39 is 29.5 Å². The first-order chi connectivity index (χ1) is 17.1. The number of allylic oxidation sites excluding steroid dienone is 1. The van der Waals surface area contributed by atoms with Gasteiger partial charge >= 0.3 is 23.9 Å². The maximum Gasteiger partial charge on any atom is 0.338 e. The predicted molar refractivity (Wildman–Crippen MR) is 138 cm³/mol. The molecule has 0 saturated carbocycles. The Kier molecular flexibility index (Phi) is 8.96. The van der Waals surface area contributed by atoms with Gasteiger partial charge in [-0.05, 0) is 46.8 Å². The van der Waals surface area contributed by atoms with Gasteiger partial charge in [-0.1, -0.05) is 32.4 Å². The maximum absolute atomic E-state index is 12.4. The van der Waals surface area contributed by atoms with Gasteiger partial charge in [0.15, 0.2) is 0 Å². The van der Waals surface area contributed by atoms with E-state index in [4.69, 9.17) is 18.9 Å². The summed E-state index contributed by atoms with van der Waals surface area (Å²) in [6.07, 6.45) is 3.37. The average Bonchev–Trinajstić information content (AvgIpc) is 2.79. The molecule has 1 aliphatic rings. The Hall–Kier alpha value is -4.46. The number of carbonyl (C=O) groups is 4. The Labute approximate surface area is 216 Å². The molecular weight excluding hydrogens is 476 g/mol.